The van der Waals surface area contributed by atoms with E-state index < -0.39 is 35.2 Å². The summed E-state index contributed by atoms with van der Waals surface area (Å²) >= 11 is -0.903. The van der Waals surface area contributed by atoms with Crippen molar-refractivity contribution >= 4 is 11.9 Å². The van der Waals surface area contributed by atoms with Crippen LogP contribution >= 0.6 is 11.9 Å². The zero-order valence-electron chi connectivity index (χ0n) is 14.1. The maximum atomic E-state index is 13.9. The van der Waals surface area contributed by atoms with Crippen molar-refractivity contribution in [3.8, 4) is 0 Å². The quantitative estimate of drug-likeness (QED) is 0.323. The number of likely N-dealkylation sites (N-methyl/N-ethyl adjacent to an activating group) is 1. The average molecular weight is 423 g/mol. The second-order valence-electron chi connectivity index (χ2n) is 6.11. The number of hydrogen-bond acceptors (Lipinski definition) is 3. The molecule has 0 aromatic carbocycles. The molecule has 1 saturated heterocycles. The fourth-order valence-corrected chi connectivity index (χ4v) is 3.76. The summed E-state index contributed by atoms with van der Waals surface area (Å²) in [6.45, 7) is 5.61. The lowest BCUT2D eigenvalue weighted by atomic mass is 10.1. The highest BCUT2D eigenvalue weighted by Crippen LogP contribution is 2.57. The van der Waals surface area contributed by atoms with Crippen molar-refractivity contribution in [3.05, 3.63) is 0 Å². The molecule has 1 fully saturated rings. The van der Waals surface area contributed by atoms with E-state index in [-0.39, 0.29) is 13.1 Å². The topological polar surface area (TPSA) is 12.5 Å². The highest BCUT2D eigenvalue weighted by atomic mass is 32.2. The summed E-state index contributed by atoms with van der Waals surface area (Å²) in [5, 5.41) is -5.52. The Morgan fingerprint density at radius 1 is 0.962 bits per heavy atom. The molecule has 13 heteroatoms. The molecular weight excluding hydrogens is 403 g/mol. The van der Waals surface area contributed by atoms with Gasteiger partial charge in [0.1, 0.15) is 0 Å². The molecule has 1 aliphatic heterocycles. The molecule has 0 aromatic heterocycles. The molecule has 0 amide bonds. The maximum Gasteiger partial charge on any atom is 0.459 e. The SMILES string of the molecule is CCC[N+]1(CC)CCN(SC(F)(F)C(F)(OF)C(F)(F)C(F)(F)F)CC1. The van der Waals surface area contributed by atoms with Crippen LogP contribution in [0.1, 0.15) is 20.3 Å². The van der Waals surface area contributed by atoms with Gasteiger partial charge in [0, 0.05) is 11.9 Å². The molecule has 0 bridgehead atoms. The van der Waals surface area contributed by atoms with E-state index in [1.807, 2.05) is 18.8 Å². The van der Waals surface area contributed by atoms with Crippen LogP contribution in [0.15, 0.2) is 0 Å². The Morgan fingerprint density at radius 2 is 1.46 bits per heavy atom. The lowest BCUT2D eigenvalue weighted by Crippen LogP contribution is -2.64. The van der Waals surface area contributed by atoms with Crippen molar-refractivity contribution in [1.29, 1.82) is 0 Å². The first-order chi connectivity index (χ1) is 11.7. The van der Waals surface area contributed by atoms with Gasteiger partial charge in [-0.1, -0.05) is 6.92 Å². The molecule has 3 nitrogen and oxygen atoms in total. The van der Waals surface area contributed by atoms with Crippen LogP contribution < -0.4 is 0 Å². The molecular formula is C13H20F9N2OS+. The molecule has 1 unspecified atom stereocenters. The minimum absolute atomic E-state index is 0.117. The Kier molecular flexibility index (Phi) is 7.20. The van der Waals surface area contributed by atoms with Crippen molar-refractivity contribution in [2.75, 3.05) is 39.3 Å². The van der Waals surface area contributed by atoms with Gasteiger partial charge in [0.15, 0.2) is 0 Å². The minimum Gasteiger partial charge on any atom is -0.322 e. The molecule has 1 aliphatic rings. The Hall–Kier alpha value is -0.400. The number of rotatable bonds is 8. The van der Waals surface area contributed by atoms with Crippen LogP contribution in [0, 0.1) is 0 Å². The number of hydrogen-bond donors (Lipinski definition) is 0. The average Bonchev–Trinajstić information content (AvgIpc) is 2.54. The predicted octanol–water partition coefficient (Wildman–Crippen LogP) is 4.55. The summed E-state index contributed by atoms with van der Waals surface area (Å²) in [5.74, 6) is -13.0. The van der Waals surface area contributed by atoms with Crippen LogP contribution in [0.25, 0.3) is 0 Å². The van der Waals surface area contributed by atoms with E-state index in [0.29, 0.717) is 24.1 Å². The van der Waals surface area contributed by atoms with Gasteiger partial charge in [-0.3, -0.25) is 0 Å². The second kappa shape index (κ2) is 7.92. The fourth-order valence-electron chi connectivity index (χ4n) is 2.81. The minimum atomic E-state index is -6.77. The van der Waals surface area contributed by atoms with Gasteiger partial charge in [0.2, 0.25) is 0 Å². The van der Waals surface area contributed by atoms with Crippen LogP contribution in [0.4, 0.5) is 39.6 Å². The van der Waals surface area contributed by atoms with Crippen molar-refractivity contribution < 1.29 is 49.1 Å². The van der Waals surface area contributed by atoms with Gasteiger partial charge in [-0.15, -0.1) is 4.94 Å². The second-order valence-corrected chi connectivity index (χ2v) is 7.32. The van der Waals surface area contributed by atoms with E-state index in [9.17, 15) is 39.6 Å². The molecule has 26 heavy (non-hydrogen) atoms. The van der Waals surface area contributed by atoms with Crippen LogP contribution in [0.5, 0.6) is 0 Å². The number of halogens is 9. The van der Waals surface area contributed by atoms with E-state index in [2.05, 4.69) is 0 Å². The lowest BCUT2D eigenvalue weighted by molar-refractivity contribution is -0.929. The monoisotopic (exact) mass is 423 g/mol. The normalized spacial score (nSPS) is 22.3. The largest absolute Gasteiger partial charge is 0.459 e. The third-order valence-electron chi connectivity index (χ3n) is 4.50. The van der Waals surface area contributed by atoms with Gasteiger partial charge < -0.3 is 4.48 Å². The third-order valence-corrected chi connectivity index (χ3v) is 5.62. The van der Waals surface area contributed by atoms with Crippen molar-refractivity contribution in [2.24, 2.45) is 0 Å². The first-order valence-corrected chi connectivity index (χ1v) is 8.59. The van der Waals surface area contributed by atoms with E-state index in [1.54, 1.807) is 0 Å². The Labute approximate surface area is 149 Å². The molecule has 156 valence electrons. The number of alkyl halides is 8. The first kappa shape index (κ1) is 23.6. The summed E-state index contributed by atoms with van der Waals surface area (Å²) in [6.07, 6.45) is -5.96. The van der Waals surface area contributed by atoms with Crippen LogP contribution in [-0.4, -0.2) is 71.3 Å². The summed E-state index contributed by atoms with van der Waals surface area (Å²) in [6, 6.07) is 0. The Balaban J connectivity index is 2.94. The molecule has 0 aliphatic carbocycles. The van der Waals surface area contributed by atoms with E-state index >= 15 is 0 Å². The van der Waals surface area contributed by atoms with Gasteiger partial charge in [-0.05, 0) is 17.9 Å². The fraction of sp³-hybridized carbons (Fsp3) is 1.00. The third kappa shape index (κ3) is 4.20. The predicted molar refractivity (Wildman–Crippen MR) is 76.8 cm³/mol. The highest BCUT2D eigenvalue weighted by Gasteiger charge is 2.83. The standard InChI is InChI=1S/C13H20F9N2OS/c1-3-7-24(4-2)8-5-23(6-9-24)26-13(20,21)11(16,25-22)10(14,15)12(17,18)19/h3-9H2,1-2H3/q+1. The molecule has 0 spiro atoms. The zero-order chi connectivity index (χ0) is 20.4. The van der Waals surface area contributed by atoms with Gasteiger partial charge >= 0.3 is 23.2 Å². The molecule has 1 heterocycles. The van der Waals surface area contributed by atoms with Gasteiger partial charge in [-0.25, -0.2) is 4.31 Å². The van der Waals surface area contributed by atoms with Crippen molar-refractivity contribution in [2.45, 2.75) is 43.5 Å². The highest BCUT2D eigenvalue weighted by molar-refractivity contribution is 7.98. The molecule has 0 saturated carbocycles. The Morgan fingerprint density at radius 3 is 1.81 bits per heavy atom. The van der Waals surface area contributed by atoms with Crippen LogP contribution in [0.2, 0.25) is 0 Å². The van der Waals surface area contributed by atoms with Crippen molar-refractivity contribution in [3.63, 3.8) is 0 Å². The van der Waals surface area contributed by atoms with E-state index in [4.69, 9.17) is 0 Å². The number of quaternary nitrogens is 1. The lowest BCUT2D eigenvalue weighted by Gasteiger charge is -2.45. The zero-order valence-corrected chi connectivity index (χ0v) is 14.9. The smallest absolute Gasteiger partial charge is 0.322 e. The molecule has 0 aromatic rings. The first-order valence-electron chi connectivity index (χ1n) is 7.82. The van der Waals surface area contributed by atoms with Gasteiger partial charge in [-0.2, -0.15) is 35.1 Å². The number of nitrogens with zero attached hydrogens (tertiary/aromatic N) is 2. The van der Waals surface area contributed by atoms with Crippen LogP contribution in [-0.2, 0) is 4.94 Å². The van der Waals surface area contributed by atoms with E-state index in [0.717, 1.165) is 17.3 Å². The molecule has 1 atom stereocenters. The summed E-state index contributed by atoms with van der Waals surface area (Å²) in [4.78, 5) is 1.90. The molecule has 0 radical (unpaired) electrons. The van der Waals surface area contributed by atoms with E-state index in [1.165, 1.54) is 0 Å². The van der Waals surface area contributed by atoms with Crippen molar-refractivity contribution in [1.82, 2.24) is 4.31 Å². The maximum absolute atomic E-state index is 13.9. The summed E-state index contributed by atoms with van der Waals surface area (Å²) in [7, 11) is 0. The van der Waals surface area contributed by atoms with Crippen LogP contribution in [0.3, 0.4) is 0 Å². The Bertz CT molecular complexity index is 469. The number of piperazine rings is 1. The molecule has 0 N–H and O–H groups in total. The van der Waals surface area contributed by atoms with Gasteiger partial charge in [0.25, 0.3) is 0 Å². The summed E-state index contributed by atoms with van der Waals surface area (Å²) in [5.41, 5.74) is 0. The van der Waals surface area contributed by atoms with Gasteiger partial charge in [0.05, 0.1) is 39.3 Å². The summed E-state index contributed by atoms with van der Waals surface area (Å²) < 4.78 is 118. The molecule has 1 rings (SSSR count).